The molecule has 3 unspecified atom stereocenters. The summed E-state index contributed by atoms with van der Waals surface area (Å²) in [5, 5.41) is 15.2. The standard InChI is InChI=1S/C31H42N4O6S/c1-5-11-29(31(37)34(20-6-2)21-25-12-8-7-9-13-25)35(38,33-30(36)28-14-10-19-32-28)22-24(3)23-42(39,40)27-17-15-26(41-4)16-18-27/h1,7-9,12-13,15-18,24,28-29,32,38H,6,10-11,14,19-23H2,2-4H3/p+1/t24-,28?,29?,35?/m1/s1. The van der Waals surface area contributed by atoms with Crippen LogP contribution in [0.5, 0.6) is 5.75 Å². The average molecular weight is 600 g/mol. The summed E-state index contributed by atoms with van der Waals surface area (Å²) in [5.41, 5.74) is 3.58. The molecule has 3 rings (SSSR count). The van der Waals surface area contributed by atoms with Crippen LogP contribution in [0.2, 0.25) is 0 Å². The van der Waals surface area contributed by atoms with Crippen molar-refractivity contribution in [2.75, 3.05) is 32.5 Å². The second kappa shape index (κ2) is 15.2. The molecule has 2 amide bonds. The molecule has 0 aromatic heterocycles. The van der Waals surface area contributed by atoms with Crippen LogP contribution < -0.4 is 15.5 Å². The molecule has 1 aliphatic heterocycles. The molecule has 0 aliphatic carbocycles. The van der Waals surface area contributed by atoms with Crippen molar-refractivity contribution < 1.29 is 32.7 Å². The van der Waals surface area contributed by atoms with Crippen molar-refractivity contribution in [2.45, 2.75) is 63.1 Å². The highest BCUT2D eigenvalue weighted by Crippen LogP contribution is 2.23. The van der Waals surface area contributed by atoms with Crippen molar-refractivity contribution in [2.24, 2.45) is 5.92 Å². The molecule has 2 aromatic carbocycles. The number of carbonyl (C=O) groups excluding carboxylic acids is 2. The van der Waals surface area contributed by atoms with Gasteiger partial charge in [0, 0.05) is 19.0 Å². The third-order valence-electron chi connectivity index (χ3n) is 7.33. The van der Waals surface area contributed by atoms with Crippen molar-refractivity contribution in [1.82, 2.24) is 15.6 Å². The molecule has 42 heavy (non-hydrogen) atoms. The third kappa shape index (κ3) is 8.79. The van der Waals surface area contributed by atoms with E-state index in [-0.39, 0.29) is 23.6 Å². The summed E-state index contributed by atoms with van der Waals surface area (Å²) < 4.78 is 30.4. The Morgan fingerprint density at radius 3 is 2.48 bits per heavy atom. The number of methoxy groups -OCH3 is 1. The predicted molar refractivity (Wildman–Crippen MR) is 160 cm³/mol. The molecule has 1 fully saturated rings. The van der Waals surface area contributed by atoms with Gasteiger partial charge in [-0.05, 0) is 55.6 Å². The Balaban J connectivity index is 1.92. The molecule has 1 aliphatic rings. The van der Waals surface area contributed by atoms with Crippen LogP contribution in [0.3, 0.4) is 0 Å². The van der Waals surface area contributed by atoms with E-state index in [9.17, 15) is 23.2 Å². The molecule has 10 nitrogen and oxygen atoms in total. The van der Waals surface area contributed by atoms with Gasteiger partial charge in [0.2, 0.25) is 6.04 Å². The van der Waals surface area contributed by atoms with Crippen LogP contribution in [0.15, 0.2) is 59.5 Å². The fourth-order valence-corrected chi connectivity index (χ4v) is 6.89. The third-order valence-corrected chi connectivity index (χ3v) is 9.32. The van der Waals surface area contributed by atoms with Crippen LogP contribution in [0.1, 0.15) is 45.1 Å². The van der Waals surface area contributed by atoms with E-state index in [1.165, 1.54) is 19.2 Å². The SMILES string of the molecule is C#CCC(C(=O)N(CCC)Cc1ccccc1)[N+](O)(C[C@@H](C)CS(=O)(=O)c1ccc(OC)cc1)NC(=O)C1CCCN1. The summed E-state index contributed by atoms with van der Waals surface area (Å²) in [4.78, 5) is 29.1. The normalized spacial score (nSPS) is 17.8. The zero-order chi connectivity index (χ0) is 30.8. The van der Waals surface area contributed by atoms with E-state index in [4.69, 9.17) is 11.2 Å². The van der Waals surface area contributed by atoms with E-state index >= 15 is 0 Å². The van der Waals surface area contributed by atoms with E-state index in [2.05, 4.69) is 16.7 Å². The highest BCUT2D eigenvalue weighted by Gasteiger charge is 2.47. The summed E-state index contributed by atoms with van der Waals surface area (Å²) in [5.74, 6) is 1.14. The smallest absolute Gasteiger partial charge is 0.287 e. The maximum atomic E-state index is 14.1. The fourth-order valence-electron chi connectivity index (χ4n) is 5.29. The average Bonchev–Trinajstić information content (AvgIpc) is 3.51. The molecular weight excluding hydrogens is 556 g/mol. The van der Waals surface area contributed by atoms with Crippen molar-refractivity contribution in [1.29, 1.82) is 0 Å². The van der Waals surface area contributed by atoms with Crippen LogP contribution in [-0.2, 0) is 26.0 Å². The number of hydrogen-bond acceptors (Lipinski definition) is 7. The first-order chi connectivity index (χ1) is 20.0. The first-order valence-corrected chi connectivity index (χ1v) is 16.0. The Kier molecular flexibility index (Phi) is 11.9. The van der Waals surface area contributed by atoms with E-state index in [1.54, 1.807) is 24.0 Å². The Hall–Kier alpha value is -3.43. The zero-order valence-corrected chi connectivity index (χ0v) is 25.5. The van der Waals surface area contributed by atoms with Gasteiger partial charge in [-0.2, -0.15) is 10.6 Å². The lowest BCUT2D eigenvalue weighted by molar-refractivity contribution is -1.14. The largest absolute Gasteiger partial charge is 0.497 e. The van der Waals surface area contributed by atoms with E-state index in [0.717, 1.165) is 12.0 Å². The van der Waals surface area contributed by atoms with Crippen LogP contribution in [0.4, 0.5) is 0 Å². The molecule has 2 aromatic rings. The molecule has 4 atom stereocenters. The van der Waals surface area contributed by atoms with Gasteiger partial charge in [0.15, 0.2) is 9.84 Å². The van der Waals surface area contributed by atoms with Gasteiger partial charge in [-0.3, -0.25) is 9.59 Å². The predicted octanol–water partition coefficient (Wildman–Crippen LogP) is 2.92. The zero-order valence-electron chi connectivity index (χ0n) is 24.7. The summed E-state index contributed by atoms with van der Waals surface area (Å²) in [6.07, 6.45) is 7.59. The van der Waals surface area contributed by atoms with E-state index in [0.29, 0.717) is 38.2 Å². The van der Waals surface area contributed by atoms with Crippen molar-refractivity contribution >= 4 is 21.7 Å². The first kappa shape index (κ1) is 33.1. The summed E-state index contributed by atoms with van der Waals surface area (Å²) in [7, 11) is -2.27. The quantitative estimate of drug-likeness (QED) is 0.163. The van der Waals surface area contributed by atoms with E-state index < -0.39 is 44.4 Å². The maximum Gasteiger partial charge on any atom is 0.287 e. The van der Waals surface area contributed by atoms with Crippen molar-refractivity contribution in [3.05, 3.63) is 60.2 Å². The van der Waals surface area contributed by atoms with Gasteiger partial charge >= 0.3 is 0 Å². The van der Waals surface area contributed by atoms with E-state index in [1.807, 2.05) is 37.3 Å². The molecular formula is C31H43N4O6S+. The highest BCUT2D eigenvalue weighted by atomic mass is 32.2. The number of ether oxygens (including phenoxy) is 1. The molecule has 0 spiro atoms. The number of hydroxylamine groups is 2. The van der Waals surface area contributed by atoms with Gasteiger partial charge in [0.05, 0.1) is 30.2 Å². The molecule has 1 saturated heterocycles. The molecule has 3 N–H and O–H groups in total. The number of hydrogen-bond donors (Lipinski definition) is 3. The second-order valence-corrected chi connectivity index (χ2v) is 12.9. The maximum absolute atomic E-state index is 14.1. The number of sulfone groups is 1. The lowest BCUT2D eigenvalue weighted by Crippen LogP contribution is -2.70. The summed E-state index contributed by atoms with van der Waals surface area (Å²) in [6.45, 7) is 4.73. The molecule has 11 heteroatoms. The van der Waals surface area contributed by atoms with Gasteiger partial charge in [-0.15, -0.1) is 6.42 Å². The number of terminal acetylenes is 1. The summed E-state index contributed by atoms with van der Waals surface area (Å²) in [6, 6.07) is 13.8. The molecule has 0 bridgehead atoms. The molecule has 1 heterocycles. The number of benzene rings is 2. The number of rotatable bonds is 15. The number of nitrogens with zero attached hydrogens (tertiary/aromatic N) is 2. The minimum Gasteiger partial charge on any atom is -0.497 e. The fraction of sp³-hybridized carbons (Fsp3) is 0.484. The minimum atomic E-state index is -3.76. The van der Waals surface area contributed by atoms with Crippen molar-refractivity contribution in [3.8, 4) is 18.1 Å². The van der Waals surface area contributed by atoms with Crippen LogP contribution in [0, 0.1) is 18.3 Å². The molecule has 228 valence electrons. The number of carbonyl (C=O) groups is 2. The van der Waals surface area contributed by atoms with Gasteiger partial charge in [-0.1, -0.05) is 54.9 Å². The Bertz CT molecular complexity index is 1320. The van der Waals surface area contributed by atoms with Gasteiger partial charge in [-0.25, -0.2) is 8.42 Å². The minimum absolute atomic E-state index is 0.110. The second-order valence-electron chi connectivity index (χ2n) is 10.9. The van der Waals surface area contributed by atoms with Crippen LogP contribution in [-0.4, -0.2) is 79.7 Å². The Morgan fingerprint density at radius 2 is 1.90 bits per heavy atom. The highest BCUT2D eigenvalue weighted by molar-refractivity contribution is 7.91. The van der Waals surface area contributed by atoms with Gasteiger partial charge in [0.1, 0.15) is 12.3 Å². The number of nitrogens with one attached hydrogen (secondary N) is 2. The monoisotopic (exact) mass is 599 g/mol. The topological polar surface area (TPSA) is 125 Å². The lowest BCUT2D eigenvalue weighted by atomic mass is 10.1. The van der Waals surface area contributed by atoms with Gasteiger partial charge in [0.25, 0.3) is 11.8 Å². The van der Waals surface area contributed by atoms with Crippen LogP contribution >= 0.6 is 0 Å². The molecule has 0 radical (unpaired) electrons. The number of amides is 2. The Labute approximate surface area is 249 Å². The first-order valence-electron chi connectivity index (χ1n) is 14.3. The summed E-state index contributed by atoms with van der Waals surface area (Å²) >= 11 is 0. The molecule has 0 saturated carbocycles. The number of quaternary nitrogens is 1. The Morgan fingerprint density at radius 1 is 1.21 bits per heavy atom. The van der Waals surface area contributed by atoms with Crippen molar-refractivity contribution in [3.63, 3.8) is 0 Å². The van der Waals surface area contributed by atoms with Gasteiger partial charge < -0.3 is 15.0 Å². The lowest BCUT2D eigenvalue weighted by Gasteiger charge is -2.39. The van der Waals surface area contributed by atoms with Crippen LogP contribution in [0.25, 0.3) is 0 Å².